The number of ether oxygens (including phenoxy) is 1. The van der Waals surface area contributed by atoms with Crippen molar-refractivity contribution < 1.29 is 17.9 Å². The molecule has 0 aliphatic carbocycles. The van der Waals surface area contributed by atoms with E-state index in [1.165, 1.54) is 24.5 Å². The zero-order chi connectivity index (χ0) is 13.9. The Morgan fingerprint density at radius 3 is 2.11 bits per heavy atom. The van der Waals surface area contributed by atoms with Crippen LogP contribution in [0.2, 0.25) is 0 Å². The summed E-state index contributed by atoms with van der Waals surface area (Å²) in [5, 5.41) is 0. The lowest BCUT2D eigenvalue weighted by Crippen LogP contribution is -2.07. The zero-order valence-corrected chi connectivity index (χ0v) is 9.69. The number of rotatable bonds is 3. The van der Waals surface area contributed by atoms with Gasteiger partial charge in [-0.1, -0.05) is 12.1 Å². The first-order chi connectivity index (χ1) is 9.00. The molecular formula is C12H10F3N3O. The summed E-state index contributed by atoms with van der Waals surface area (Å²) in [4.78, 5) is 7.97. The minimum Gasteiger partial charge on any atom is -0.475 e. The van der Waals surface area contributed by atoms with Crippen molar-refractivity contribution in [3.63, 3.8) is 0 Å². The molecule has 2 rings (SSSR count). The normalized spacial score (nSPS) is 11.4. The third-order valence-electron chi connectivity index (χ3n) is 2.35. The summed E-state index contributed by atoms with van der Waals surface area (Å²) in [7, 11) is 0. The van der Waals surface area contributed by atoms with Crippen LogP contribution in [0.25, 0.3) is 11.4 Å². The maximum absolute atomic E-state index is 12.4. The Bertz CT molecular complexity index is 538. The van der Waals surface area contributed by atoms with E-state index in [1.54, 1.807) is 0 Å². The summed E-state index contributed by atoms with van der Waals surface area (Å²) < 4.78 is 42.2. The van der Waals surface area contributed by atoms with Crippen LogP contribution in [0, 0.1) is 0 Å². The van der Waals surface area contributed by atoms with Crippen LogP contribution in [0.1, 0.15) is 5.56 Å². The highest BCUT2D eigenvalue weighted by molar-refractivity contribution is 5.55. The number of aromatic nitrogens is 2. The first-order valence-corrected chi connectivity index (χ1v) is 5.33. The van der Waals surface area contributed by atoms with Crippen molar-refractivity contribution >= 4 is 0 Å². The van der Waals surface area contributed by atoms with Crippen LogP contribution >= 0.6 is 0 Å². The van der Waals surface area contributed by atoms with Gasteiger partial charge in [0.25, 0.3) is 0 Å². The van der Waals surface area contributed by atoms with Crippen molar-refractivity contribution in [3.05, 3.63) is 42.2 Å². The molecule has 2 N–H and O–H groups in total. The highest BCUT2D eigenvalue weighted by Gasteiger charge is 2.30. The van der Waals surface area contributed by atoms with E-state index < -0.39 is 11.7 Å². The van der Waals surface area contributed by atoms with Crippen LogP contribution in [0.15, 0.2) is 36.7 Å². The molecule has 4 nitrogen and oxygen atoms in total. The second-order valence-corrected chi connectivity index (χ2v) is 3.63. The molecule has 1 aromatic carbocycles. The molecule has 0 saturated heterocycles. The van der Waals surface area contributed by atoms with Crippen LogP contribution < -0.4 is 10.5 Å². The molecule has 0 amide bonds. The van der Waals surface area contributed by atoms with Gasteiger partial charge in [0.05, 0.1) is 18.0 Å². The molecule has 0 spiro atoms. The number of nitrogens with zero attached hydrogens (tertiary/aromatic N) is 2. The minimum atomic E-state index is -4.35. The number of nitrogens with two attached hydrogens (primary N) is 1. The van der Waals surface area contributed by atoms with Gasteiger partial charge in [0.15, 0.2) is 11.6 Å². The maximum Gasteiger partial charge on any atom is 0.416 e. The Labute approximate surface area is 107 Å². The number of halogens is 3. The summed E-state index contributed by atoms with van der Waals surface area (Å²) in [6.45, 7) is 0.00296. The molecule has 100 valence electrons. The fourth-order valence-corrected chi connectivity index (χ4v) is 1.44. The van der Waals surface area contributed by atoms with Gasteiger partial charge in [-0.2, -0.15) is 13.2 Å². The SMILES string of the molecule is NCOc1cnc(-c2ccc(C(F)(F)F)cc2)nc1. The summed E-state index contributed by atoms with van der Waals surface area (Å²) in [6.07, 6.45) is -1.53. The summed E-state index contributed by atoms with van der Waals surface area (Å²) >= 11 is 0. The lowest BCUT2D eigenvalue weighted by molar-refractivity contribution is -0.137. The number of hydrogen-bond donors (Lipinski definition) is 1. The van der Waals surface area contributed by atoms with Crippen molar-refractivity contribution in [1.82, 2.24) is 9.97 Å². The van der Waals surface area contributed by atoms with Gasteiger partial charge in [-0.15, -0.1) is 0 Å². The van der Waals surface area contributed by atoms with E-state index in [9.17, 15) is 13.2 Å². The topological polar surface area (TPSA) is 61.0 Å². The smallest absolute Gasteiger partial charge is 0.416 e. The van der Waals surface area contributed by atoms with E-state index >= 15 is 0 Å². The second kappa shape index (κ2) is 5.23. The molecule has 0 aliphatic rings. The van der Waals surface area contributed by atoms with Crippen LogP contribution in [-0.4, -0.2) is 16.7 Å². The average molecular weight is 269 g/mol. The van der Waals surface area contributed by atoms with E-state index in [2.05, 4.69) is 9.97 Å². The van der Waals surface area contributed by atoms with Gasteiger partial charge in [-0.25, -0.2) is 9.97 Å². The fraction of sp³-hybridized carbons (Fsp3) is 0.167. The van der Waals surface area contributed by atoms with Gasteiger partial charge < -0.3 is 4.74 Å². The molecule has 1 heterocycles. The molecule has 0 atom stereocenters. The highest BCUT2D eigenvalue weighted by atomic mass is 19.4. The van der Waals surface area contributed by atoms with E-state index in [4.69, 9.17) is 10.5 Å². The van der Waals surface area contributed by atoms with E-state index in [0.29, 0.717) is 17.1 Å². The number of hydrogen-bond acceptors (Lipinski definition) is 4. The Kier molecular flexibility index (Phi) is 3.66. The second-order valence-electron chi connectivity index (χ2n) is 3.63. The molecule has 0 radical (unpaired) electrons. The van der Waals surface area contributed by atoms with Gasteiger partial charge in [-0.05, 0) is 12.1 Å². The van der Waals surface area contributed by atoms with Gasteiger partial charge in [-0.3, -0.25) is 5.73 Å². The van der Waals surface area contributed by atoms with Crippen molar-refractivity contribution in [2.45, 2.75) is 6.18 Å². The molecule has 0 fully saturated rings. The molecule has 0 saturated carbocycles. The first-order valence-electron chi connectivity index (χ1n) is 5.33. The van der Waals surface area contributed by atoms with Crippen LogP contribution in [-0.2, 0) is 6.18 Å². The van der Waals surface area contributed by atoms with Crippen molar-refractivity contribution in [1.29, 1.82) is 0 Å². The molecule has 0 unspecified atom stereocenters. The molecule has 0 aliphatic heterocycles. The third-order valence-corrected chi connectivity index (χ3v) is 2.35. The van der Waals surface area contributed by atoms with Gasteiger partial charge in [0.1, 0.15) is 6.73 Å². The van der Waals surface area contributed by atoms with Gasteiger partial charge in [0, 0.05) is 5.56 Å². The maximum atomic E-state index is 12.4. The van der Waals surface area contributed by atoms with Crippen molar-refractivity contribution in [2.24, 2.45) is 5.73 Å². The van der Waals surface area contributed by atoms with Crippen LogP contribution in [0.3, 0.4) is 0 Å². The number of alkyl halides is 3. The number of benzene rings is 1. The Morgan fingerprint density at radius 1 is 1.05 bits per heavy atom. The standard InChI is InChI=1S/C12H10F3N3O/c13-12(14,15)9-3-1-8(2-4-9)11-17-5-10(6-18-11)19-7-16/h1-6H,7,16H2. The molecule has 0 bridgehead atoms. The average Bonchev–Trinajstić information content (AvgIpc) is 2.39. The first kappa shape index (κ1) is 13.3. The predicted octanol–water partition coefficient (Wildman–Crippen LogP) is 2.46. The quantitative estimate of drug-likeness (QED) is 0.869. The summed E-state index contributed by atoms with van der Waals surface area (Å²) in [5.74, 6) is 0.719. The minimum absolute atomic E-state index is 0.00296. The van der Waals surface area contributed by atoms with Gasteiger partial charge in [0.2, 0.25) is 0 Å². The van der Waals surface area contributed by atoms with E-state index in [1.807, 2.05) is 0 Å². The molecule has 7 heteroatoms. The monoisotopic (exact) mass is 269 g/mol. The van der Waals surface area contributed by atoms with Crippen molar-refractivity contribution in [2.75, 3.05) is 6.73 Å². The van der Waals surface area contributed by atoms with Crippen molar-refractivity contribution in [3.8, 4) is 17.1 Å². The Hall–Kier alpha value is -2.15. The summed E-state index contributed by atoms with van der Waals surface area (Å²) in [6, 6.07) is 4.62. The molecular weight excluding hydrogens is 259 g/mol. The van der Waals surface area contributed by atoms with E-state index in [0.717, 1.165) is 12.1 Å². The lowest BCUT2D eigenvalue weighted by atomic mass is 10.1. The van der Waals surface area contributed by atoms with E-state index in [-0.39, 0.29) is 6.73 Å². The fourth-order valence-electron chi connectivity index (χ4n) is 1.44. The third kappa shape index (κ3) is 3.19. The Morgan fingerprint density at radius 2 is 1.63 bits per heavy atom. The van der Waals surface area contributed by atoms with Crippen LogP contribution in [0.5, 0.6) is 5.75 Å². The van der Waals surface area contributed by atoms with Gasteiger partial charge >= 0.3 is 6.18 Å². The Balaban J connectivity index is 2.22. The largest absolute Gasteiger partial charge is 0.475 e. The molecule has 19 heavy (non-hydrogen) atoms. The summed E-state index contributed by atoms with van der Waals surface area (Å²) in [5.41, 5.74) is 4.97. The molecule has 2 aromatic rings. The zero-order valence-electron chi connectivity index (χ0n) is 9.69. The van der Waals surface area contributed by atoms with Crippen LogP contribution in [0.4, 0.5) is 13.2 Å². The lowest BCUT2D eigenvalue weighted by Gasteiger charge is -2.07. The predicted molar refractivity (Wildman–Crippen MR) is 62.2 cm³/mol. The highest BCUT2D eigenvalue weighted by Crippen LogP contribution is 2.30. The molecule has 1 aromatic heterocycles.